The first-order valence-corrected chi connectivity index (χ1v) is 8.08. The van der Waals surface area contributed by atoms with Crippen LogP contribution in [0.3, 0.4) is 0 Å². The predicted molar refractivity (Wildman–Crippen MR) is 86.5 cm³/mol. The summed E-state index contributed by atoms with van der Waals surface area (Å²) in [4.78, 5) is 12.5. The molecule has 23 heavy (non-hydrogen) atoms. The second-order valence-electron chi connectivity index (χ2n) is 7.03. The maximum absolute atomic E-state index is 13.0. The number of carbonyl (C=O) groups excluding carboxylic acids is 1. The second-order valence-corrected chi connectivity index (χ2v) is 7.03. The first kappa shape index (κ1) is 17.9. The molecule has 0 radical (unpaired) electrons. The molecule has 1 amide bonds. The summed E-state index contributed by atoms with van der Waals surface area (Å²) in [6.45, 7) is 3.92. The highest BCUT2D eigenvalue weighted by Gasteiger charge is 2.34. The fourth-order valence-electron chi connectivity index (χ4n) is 3.20. The zero-order chi connectivity index (χ0) is 17.0. The Morgan fingerprint density at radius 1 is 1.35 bits per heavy atom. The summed E-state index contributed by atoms with van der Waals surface area (Å²) in [5.74, 6) is -0.413. The van der Waals surface area contributed by atoms with E-state index in [-0.39, 0.29) is 23.7 Å². The molecule has 0 saturated heterocycles. The van der Waals surface area contributed by atoms with Crippen LogP contribution in [0.5, 0.6) is 0 Å². The Morgan fingerprint density at radius 2 is 2.00 bits per heavy atom. The van der Waals surface area contributed by atoms with Crippen LogP contribution in [0.1, 0.15) is 38.7 Å². The molecule has 0 aromatic heterocycles. The molecule has 0 bridgehead atoms. The maximum atomic E-state index is 13.0. The lowest BCUT2D eigenvalue weighted by Gasteiger charge is -2.34. The van der Waals surface area contributed by atoms with Crippen molar-refractivity contribution in [2.75, 3.05) is 7.11 Å². The molecule has 0 spiro atoms. The summed E-state index contributed by atoms with van der Waals surface area (Å²) >= 11 is 0. The highest BCUT2D eigenvalue weighted by Crippen LogP contribution is 2.27. The van der Waals surface area contributed by atoms with Crippen molar-refractivity contribution in [3.8, 4) is 0 Å². The Hall–Kier alpha value is -1.46. The van der Waals surface area contributed by atoms with Crippen molar-refractivity contribution in [2.45, 2.75) is 57.3 Å². The number of rotatable bonds is 5. The van der Waals surface area contributed by atoms with Crippen molar-refractivity contribution < 1.29 is 19.0 Å². The molecule has 3 atom stereocenters. The fourth-order valence-corrected chi connectivity index (χ4v) is 3.20. The van der Waals surface area contributed by atoms with Gasteiger partial charge in [-0.05, 0) is 57.2 Å². The number of carbonyl (C=O) groups is 1. The van der Waals surface area contributed by atoms with Gasteiger partial charge in [0.15, 0.2) is 0 Å². The smallest absolute Gasteiger partial charge is 0.223 e. The van der Waals surface area contributed by atoms with E-state index in [0.29, 0.717) is 25.7 Å². The first-order valence-electron chi connectivity index (χ1n) is 8.08. The highest BCUT2D eigenvalue weighted by atomic mass is 19.1. The summed E-state index contributed by atoms with van der Waals surface area (Å²) in [7, 11) is 1.56. The van der Waals surface area contributed by atoms with E-state index in [0.717, 1.165) is 5.56 Å². The quantitative estimate of drug-likeness (QED) is 0.875. The Balaban J connectivity index is 1.93. The van der Waals surface area contributed by atoms with Crippen LogP contribution in [0.4, 0.5) is 4.39 Å². The van der Waals surface area contributed by atoms with Gasteiger partial charge >= 0.3 is 0 Å². The number of benzene rings is 1. The van der Waals surface area contributed by atoms with Gasteiger partial charge in [-0.25, -0.2) is 4.39 Å². The molecule has 0 aliphatic heterocycles. The van der Waals surface area contributed by atoms with Crippen LogP contribution < -0.4 is 5.32 Å². The third-order valence-electron chi connectivity index (χ3n) is 4.45. The van der Waals surface area contributed by atoms with Crippen LogP contribution >= 0.6 is 0 Å². The molecule has 1 aliphatic rings. The van der Waals surface area contributed by atoms with Crippen molar-refractivity contribution in [1.82, 2.24) is 5.32 Å². The minimum absolute atomic E-state index is 0.00828. The lowest BCUT2D eigenvalue weighted by Crippen LogP contribution is -2.50. The third kappa shape index (κ3) is 5.01. The van der Waals surface area contributed by atoms with Crippen LogP contribution in [0.2, 0.25) is 0 Å². The largest absolute Gasteiger partial charge is 0.390 e. The van der Waals surface area contributed by atoms with Gasteiger partial charge in [0.25, 0.3) is 0 Å². The Labute approximate surface area is 137 Å². The van der Waals surface area contributed by atoms with Gasteiger partial charge in [0.2, 0.25) is 5.91 Å². The minimum atomic E-state index is -0.490. The molecule has 0 heterocycles. The average molecular weight is 323 g/mol. The number of aliphatic hydroxyl groups excluding tert-OH is 1. The van der Waals surface area contributed by atoms with Crippen molar-refractivity contribution in [2.24, 2.45) is 5.92 Å². The Bertz CT molecular complexity index is 530. The topological polar surface area (TPSA) is 58.6 Å². The third-order valence-corrected chi connectivity index (χ3v) is 4.45. The van der Waals surface area contributed by atoms with E-state index in [1.807, 2.05) is 13.8 Å². The van der Waals surface area contributed by atoms with E-state index >= 15 is 0 Å². The molecule has 1 aromatic carbocycles. The SMILES string of the molecule is CO[C@@H]1C[C@H](C(=O)NC(C)(C)Cc2ccc(F)cc2)CC[C@@H]1O. The standard InChI is InChI=1S/C18H26FNO3/c1-18(2,11-12-4-7-14(19)8-5-12)20-17(22)13-6-9-15(21)16(10-13)23-3/h4-5,7-8,13,15-16,21H,6,9-11H2,1-3H3,(H,20,22)/t13-,15+,16-/m1/s1. The van der Waals surface area contributed by atoms with E-state index < -0.39 is 11.6 Å². The Kier molecular flexibility index (Phi) is 5.76. The summed E-state index contributed by atoms with van der Waals surface area (Å²) in [6, 6.07) is 6.33. The molecule has 4 nitrogen and oxygen atoms in total. The highest BCUT2D eigenvalue weighted by molar-refractivity contribution is 5.79. The number of hydrogen-bond donors (Lipinski definition) is 2. The van der Waals surface area contributed by atoms with E-state index in [2.05, 4.69) is 5.32 Å². The molecular formula is C18H26FNO3. The number of halogens is 1. The van der Waals surface area contributed by atoms with Gasteiger partial charge in [0, 0.05) is 18.6 Å². The van der Waals surface area contributed by atoms with Crippen LogP contribution in [0.25, 0.3) is 0 Å². The molecule has 0 unspecified atom stereocenters. The van der Waals surface area contributed by atoms with Gasteiger partial charge in [-0.3, -0.25) is 4.79 Å². The molecule has 1 aromatic rings. The van der Waals surface area contributed by atoms with Gasteiger partial charge in [0.1, 0.15) is 5.82 Å². The number of methoxy groups -OCH3 is 1. The summed E-state index contributed by atoms with van der Waals surface area (Å²) in [6.07, 6.45) is 1.64. The second kappa shape index (κ2) is 7.41. The maximum Gasteiger partial charge on any atom is 0.223 e. The number of amides is 1. The van der Waals surface area contributed by atoms with Crippen LogP contribution in [-0.2, 0) is 16.0 Å². The average Bonchev–Trinajstić information content (AvgIpc) is 2.49. The van der Waals surface area contributed by atoms with Crippen LogP contribution in [0, 0.1) is 11.7 Å². The minimum Gasteiger partial charge on any atom is -0.390 e. The first-order chi connectivity index (χ1) is 10.8. The van der Waals surface area contributed by atoms with Crippen LogP contribution in [-0.4, -0.2) is 35.9 Å². The molecule has 2 rings (SSSR count). The molecule has 2 N–H and O–H groups in total. The fraction of sp³-hybridized carbons (Fsp3) is 0.611. The predicted octanol–water partition coefficient (Wildman–Crippen LogP) is 2.44. The summed E-state index contributed by atoms with van der Waals surface area (Å²) < 4.78 is 18.2. The lowest BCUT2D eigenvalue weighted by atomic mass is 9.83. The van der Waals surface area contributed by atoms with E-state index in [4.69, 9.17) is 4.74 Å². The van der Waals surface area contributed by atoms with E-state index in [1.165, 1.54) is 12.1 Å². The number of hydrogen-bond acceptors (Lipinski definition) is 3. The van der Waals surface area contributed by atoms with Crippen molar-refractivity contribution >= 4 is 5.91 Å². The Morgan fingerprint density at radius 3 is 2.61 bits per heavy atom. The van der Waals surface area contributed by atoms with Gasteiger partial charge in [-0.1, -0.05) is 12.1 Å². The van der Waals surface area contributed by atoms with Gasteiger partial charge in [-0.15, -0.1) is 0 Å². The van der Waals surface area contributed by atoms with E-state index in [9.17, 15) is 14.3 Å². The van der Waals surface area contributed by atoms with Crippen molar-refractivity contribution in [3.05, 3.63) is 35.6 Å². The zero-order valence-electron chi connectivity index (χ0n) is 14.0. The number of aliphatic hydroxyl groups is 1. The monoisotopic (exact) mass is 323 g/mol. The normalized spacial score (nSPS) is 25.2. The molecule has 128 valence electrons. The molecule has 1 fully saturated rings. The summed E-state index contributed by atoms with van der Waals surface area (Å²) in [5.41, 5.74) is 0.554. The summed E-state index contributed by atoms with van der Waals surface area (Å²) in [5, 5.41) is 12.9. The number of nitrogens with one attached hydrogen (secondary N) is 1. The van der Waals surface area contributed by atoms with Crippen LogP contribution in [0.15, 0.2) is 24.3 Å². The van der Waals surface area contributed by atoms with Gasteiger partial charge in [-0.2, -0.15) is 0 Å². The molecular weight excluding hydrogens is 297 g/mol. The lowest BCUT2D eigenvalue weighted by molar-refractivity contribution is -0.132. The van der Waals surface area contributed by atoms with Crippen molar-refractivity contribution in [1.29, 1.82) is 0 Å². The van der Waals surface area contributed by atoms with Gasteiger partial charge in [0.05, 0.1) is 12.2 Å². The van der Waals surface area contributed by atoms with E-state index in [1.54, 1.807) is 19.2 Å². The van der Waals surface area contributed by atoms with Crippen molar-refractivity contribution in [3.63, 3.8) is 0 Å². The molecule has 5 heteroatoms. The number of ether oxygens (including phenoxy) is 1. The molecule has 1 saturated carbocycles. The molecule has 1 aliphatic carbocycles. The zero-order valence-corrected chi connectivity index (χ0v) is 14.0. The van der Waals surface area contributed by atoms with Gasteiger partial charge < -0.3 is 15.2 Å².